The Bertz CT molecular complexity index is 1320. The third kappa shape index (κ3) is 5.69. The molecule has 1 heterocycles. The van der Waals surface area contributed by atoms with Crippen molar-refractivity contribution in [2.75, 3.05) is 7.11 Å². The molecule has 6 heteroatoms. The van der Waals surface area contributed by atoms with Crippen molar-refractivity contribution in [2.45, 2.75) is 70.8 Å². The van der Waals surface area contributed by atoms with Gasteiger partial charge in [-0.1, -0.05) is 50.6 Å². The average molecular weight is 518 g/mol. The molecular formula is C32H36FNO4. The first-order valence-corrected chi connectivity index (χ1v) is 13.5. The molecule has 0 amide bonds. The minimum Gasteiger partial charge on any atom is -0.489 e. The summed E-state index contributed by atoms with van der Waals surface area (Å²) >= 11 is 0. The van der Waals surface area contributed by atoms with Gasteiger partial charge in [-0.2, -0.15) is 0 Å². The van der Waals surface area contributed by atoms with Crippen LogP contribution in [0.25, 0.3) is 11.1 Å². The van der Waals surface area contributed by atoms with Gasteiger partial charge in [0.15, 0.2) is 0 Å². The van der Waals surface area contributed by atoms with Crippen LogP contribution < -0.4 is 9.47 Å². The number of hydrogen-bond acceptors (Lipinski definition) is 4. The highest BCUT2D eigenvalue weighted by Crippen LogP contribution is 2.51. The van der Waals surface area contributed by atoms with Gasteiger partial charge in [-0.05, 0) is 83.2 Å². The fourth-order valence-electron chi connectivity index (χ4n) is 6.12. The van der Waals surface area contributed by atoms with Gasteiger partial charge in [0.05, 0.1) is 19.7 Å². The molecule has 5 nitrogen and oxygen atoms in total. The van der Waals surface area contributed by atoms with Gasteiger partial charge in [0.2, 0.25) is 5.88 Å². The summed E-state index contributed by atoms with van der Waals surface area (Å²) in [6.07, 6.45) is 6.87. The van der Waals surface area contributed by atoms with Gasteiger partial charge in [-0.25, -0.2) is 9.37 Å². The highest BCUT2D eigenvalue weighted by Gasteiger charge is 2.37. The number of nitrogens with zero attached hydrogens (tertiary/aromatic N) is 1. The number of carboxylic acids is 1. The second-order valence-corrected chi connectivity index (χ2v) is 11.5. The maximum absolute atomic E-state index is 15.0. The summed E-state index contributed by atoms with van der Waals surface area (Å²) in [5.74, 6) is 0.758. The second kappa shape index (κ2) is 10.8. The zero-order valence-electron chi connectivity index (χ0n) is 22.4. The number of aromatic nitrogens is 1. The van der Waals surface area contributed by atoms with Gasteiger partial charge >= 0.3 is 5.97 Å². The summed E-state index contributed by atoms with van der Waals surface area (Å²) in [5, 5.41) is 9.38. The number of ether oxygens (including phenoxy) is 2. The van der Waals surface area contributed by atoms with E-state index in [9.17, 15) is 14.3 Å². The third-order valence-corrected chi connectivity index (χ3v) is 8.36. The van der Waals surface area contributed by atoms with Crippen molar-refractivity contribution in [3.05, 3.63) is 77.2 Å². The molecule has 0 spiro atoms. The Labute approximate surface area is 224 Å². The third-order valence-electron chi connectivity index (χ3n) is 8.36. The molecule has 1 N–H and O–H groups in total. The van der Waals surface area contributed by atoms with Crippen LogP contribution in [0.2, 0.25) is 0 Å². The summed E-state index contributed by atoms with van der Waals surface area (Å²) in [4.78, 5) is 15.4. The lowest BCUT2D eigenvalue weighted by atomic mass is 9.75. The highest BCUT2D eigenvalue weighted by molar-refractivity contribution is 5.70. The first kappa shape index (κ1) is 26.2. The van der Waals surface area contributed by atoms with E-state index in [0.717, 1.165) is 60.1 Å². The Morgan fingerprint density at radius 3 is 2.63 bits per heavy atom. The van der Waals surface area contributed by atoms with E-state index < -0.39 is 5.97 Å². The molecule has 0 aliphatic heterocycles. The molecule has 3 aromatic rings. The monoisotopic (exact) mass is 517 g/mol. The molecule has 2 atom stereocenters. The zero-order valence-corrected chi connectivity index (χ0v) is 22.4. The molecule has 2 aromatic carbocycles. The van der Waals surface area contributed by atoms with E-state index in [1.807, 2.05) is 36.4 Å². The van der Waals surface area contributed by atoms with E-state index in [1.54, 1.807) is 6.07 Å². The first-order valence-electron chi connectivity index (χ1n) is 13.5. The molecule has 0 unspecified atom stereocenters. The van der Waals surface area contributed by atoms with E-state index in [0.29, 0.717) is 29.9 Å². The minimum atomic E-state index is -0.765. The van der Waals surface area contributed by atoms with Crippen molar-refractivity contribution >= 4 is 5.97 Å². The Hall–Kier alpha value is -3.41. The molecule has 5 rings (SSSR count). The van der Waals surface area contributed by atoms with Gasteiger partial charge in [0.1, 0.15) is 18.2 Å². The molecule has 2 fully saturated rings. The number of rotatable bonds is 10. The van der Waals surface area contributed by atoms with Crippen molar-refractivity contribution in [1.29, 1.82) is 0 Å². The Balaban J connectivity index is 1.43. The first-order chi connectivity index (χ1) is 18.2. The van der Waals surface area contributed by atoms with E-state index in [1.165, 1.54) is 13.3 Å². The minimum absolute atomic E-state index is 0.0267. The lowest BCUT2D eigenvalue weighted by Gasteiger charge is -2.30. The zero-order chi connectivity index (χ0) is 26.9. The maximum Gasteiger partial charge on any atom is 0.303 e. The van der Waals surface area contributed by atoms with Crippen LogP contribution >= 0.6 is 0 Å². The number of benzene rings is 2. The molecular weight excluding hydrogens is 481 g/mol. The van der Waals surface area contributed by atoms with Crippen molar-refractivity contribution < 1.29 is 23.8 Å². The number of halogens is 1. The Morgan fingerprint density at radius 1 is 1.13 bits per heavy atom. The summed E-state index contributed by atoms with van der Waals surface area (Å²) in [6.45, 7) is 4.96. The quantitative estimate of drug-likeness (QED) is 0.298. The topological polar surface area (TPSA) is 68.7 Å². The molecule has 200 valence electrons. The predicted octanol–water partition coefficient (Wildman–Crippen LogP) is 7.74. The van der Waals surface area contributed by atoms with Crippen LogP contribution in [-0.2, 0) is 11.4 Å². The van der Waals surface area contributed by atoms with Crippen molar-refractivity contribution in [1.82, 2.24) is 4.98 Å². The fourth-order valence-corrected chi connectivity index (χ4v) is 6.12. The number of aliphatic carboxylic acids is 1. The van der Waals surface area contributed by atoms with Gasteiger partial charge in [-0.15, -0.1) is 0 Å². The van der Waals surface area contributed by atoms with Crippen LogP contribution in [-0.4, -0.2) is 23.2 Å². The van der Waals surface area contributed by atoms with Crippen molar-refractivity contribution in [3.8, 4) is 22.8 Å². The van der Waals surface area contributed by atoms with Crippen molar-refractivity contribution in [2.24, 2.45) is 11.3 Å². The summed E-state index contributed by atoms with van der Waals surface area (Å²) in [5.41, 5.74) is 4.65. The van der Waals surface area contributed by atoms with Crippen molar-refractivity contribution in [3.63, 3.8) is 0 Å². The van der Waals surface area contributed by atoms with Gasteiger partial charge in [0, 0.05) is 11.6 Å². The molecule has 0 radical (unpaired) electrons. The lowest BCUT2D eigenvalue weighted by Crippen LogP contribution is -2.17. The number of hydrogen-bond donors (Lipinski definition) is 1. The molecule has 38 heavy (non-hydrogen) atoms. The van der Waals surface area contributed by atoms with Gasteiger partial charge < -0.3 is 14.6 Å². The molecule has 1 aromatic heterocycles. The molecule has 0 saturated heterocycles. The SMILES string of the molecule is COc1cc(-c2ccc(COc3cccc([C@H](CC(=O)O)C4CC4)c3)cc2[C@@H]2CCCC2(C)C)c(F)cn1. The maximum atomic E-state index is 15.0. The average Bonchev–Trinajstić information content (AvgIpc) is 3.68. The number of carboxylic acid groups (broad SMARTS) is 1. The van der Waals surface area contributed by atoms with Gasteiger partial charge in [-0.3, -0.25) is 4.79 Å². The Kier molecular flexibility index (Phi) is 7.42. The van der Waals surface area contributed by atoms with Crippen LogP contribution in [0.1, 0.15) is 80.9 Å². The van der Waals surface area contributed by atoms with Crippen LogP contribution in [0, 0.1) is 17.2 Å². The molecule has 2 aliphatic rings. The van der Waals surface area contributed by atoms with Crippen LogP contribution in [0.5, 0.6) is 11.6 Å². The largest absolute Gasteiger partial charge is 0.489 e. The van der Waals surface area contributed by atoms with Crippen LogP contribution in [0.15, 0.2) is 54.7 Å². The normalized spacial score (nSPS) is 19.2. The second-order valence-electron chi connectivity index (χ2n) is 11.5. The lowest BCUT2D eigenvalue weighted by molar-refractivity contribution is -0.137. The highest BCUT2D eigenvalue weighted by atomic mass is 19.1. The molecule has 2 aliphatic carbocycles. The van der Waals surface area contributed by atoms with E-state index in [-0.39, 0.29) is 23.6 Å². The smallest absolute Gasteiger partial charge is 0.303 e. The van der Waals surface area contributed by atoms with E-state index >= 15 is 0 Å². The predicted molar refractivity (Wildman–Crippen MR) is 145 cm³/mol. The summed E-state index contributed by atoms with van der Waals surface area (Å²) in [6, 6.07) is 15.7. The number of pyridine rings is 1. The standard InChI is InChI=1S/C32H36FNO4/c1-32(2)13-5-8-28(32)26-14-20(9-12-24(26)27-16-30(37-3)34-18-29(27)33)19-38-23-7-4-6-22(15-23)25(17-31(35)36)21-10-11-21/h4,6-7,9,12,14-16,18,21,25,28H,5,8,10-11,13,17,19H2,1-3H3,(H,35,36)/t25-,28+/m1/s1. The molecule has 0 bridgehead atoms. The van der Waals surface area contributed by atoms with E-state index in [4.69, 9.17) is 9.47 Å². The van der Waals surface area contributed by atoms with Gasteiger partial charge in [0.25, 0.3) is 0 Å². The van der Waals surface area contributed by atoms with Crippen LogP contribution in [0.3, 0.4) is 0 Å². The van der Waals surface area contributed by atoms with E-state index in [2.05, 4.69) is 24.9 Å². The number of methoxy groups -OCH3 is 1. The molecule has 2 saturated carbocycles. The Morgan fingerprint density at radius 2 is 1.95 bits per heavy atom. The van der Waals surface area contributed by atoms with Crippen LogP contribution in [0.4, 0.5) is 4.39 Å². The summed E-state index contributed by atoms with van der Waals surface area (Å²) in [7, 11) is 1.54. The fraction of sp³-hybridized carbons (Fsp3) is 0.438. The summed E-state index contributed by atoms with van der Waals surface area (Å²) < 4.78 is 26.5. The number of carbonyl (C=O) groups is 1.